The second-order valence-corrected chi connectivity index (χ2v) is 6.11. The minimum atomic E-state index is 0.724. The SMILES string of the molecule is CN(Cc1ccsc1)Cc1ccoc1CNC1CC1. The highest BCUT2D eigenvalue weighted by atomic mass is 32.1. The number of thiophene rings is 1. The van der Waals surface area contributed by atoms with Gasteiger partial charge in [-0.1, -0.05) is 0 Å². The maximum absolute atomic E-state index is 5.59. The molecule has 0 atom stereocenters. The number of rotatable bonds is 7. The van der Waals surface area contributed by atoms with Crippen molar-refractivity contribution in [2.75, 3.05) is 7.05 Å². The molecule has 1 N–H and O–H groups in total. The van der Waals surface area contributed by atoms with Gasteiger partial charge in [-0.25, -0.2) is 0 Å². The van der Waals surface area contributed by atoms with E-state index in [4.69, 9.17) is 4.42 Å². The van der Waals surface area contributed by atoms with E-state index in [1.165, 1.54) is 24.0 Å². The van der Waals surface area contributed by atoms with Crippen molar-refractivity contribution in [1.82, 2.24) is 10.2 Å². The summed E-state index contributed by atoms with van der Waals surface area (Å²) in [5.74, 6) is 1.09. The Morgan fingerprint density at radius 2 is 2.26 bits per heavy atom. The number of nitrogens with one attached hydrogen (secondary N) is 1. The molecule has 0 radical (unpaired) electrons. The number of furan rings is 1. The second-order valence-electron chi connectivity index (χ2n) is 5.33. The highest BCUT2D eigenvalue weighted by molar-refractivity contribution is 7.07. The smallest absolute Gasteiger partial charge is 0.122 e. The fraction of sp³-hybridized carbons (Fsp3) is 0.467. The van der Waals surface area contributed by atoms with Crippen molar-refractivity contribution < 1.29 is 4.42 Å². The molecule has 0 saturated heterocycles. The second kappa shape index (κ2) is 5.90. The minimum absolute atomic E-state index is 0.724. The van der Waals surface area contributed by atoms with Crippen LogP contribution in [0.1, 0.15) is 29.7 Å². The van der Waals surface area contributed by atoms with E-state index in [1.807, 2.05) is 0 Å². The topological polar surface area (TPSA) is 28.4 Å². The highest BCUT2D eigenvalue weighted by Gasteiger charge is 2.21. The molecule has 1 saturated carbocycles. The van der Waals surface area contributed by atoms with Crippen LogP contribution in [0.5, 0.6) is 0 Å². The maximum atomic E-state index is 5.59. The number of hydrogen-bond acceptors (Lipinski definition) is 4. The van der Waals surface area contributed by atoms with Gasteiger partial charge in [0.2, 0.25) is 0 Å². The van der Waals surface area contributed by atoms with E-state index in [-0.39, 0.29) is 0 Å². The molecule has 102 valence electrons. The molecular weight excluding hydrogens is 256 g/mol. The molecule has 2 aromatic heterocycles. The summed E-state index contributed by atoms with van der Waals surface area (Å²) in [6, 6.07) is 5.00. The Morgan fingerprint density at radius 3 is 3.00 bits per heavy atom. The molecule has 1 fully saturated rings. The summed E-state index contributed by atoms with van der Waals surface area (Å²) in [4.78, 5) is 2.33. The molecule has 1 aliphatic carbocycles. The van der Waals surface area contributed by atoms with Crippen molar-refractivity contribution >= 4 is 11.3 Å². The first-order chi connectivity index (χ1) is 9.31. The lowest BCUT2D eigenvalue weighted by atomic mass is 10.2. The summed E-state index contributed by atoms with van der Waals surface area (Å²) >= 11 is 1.76. The first kappa shape index (κ1) is 12.9. The van der Waals surface area contributed by atoms with Crippen LogP contribution in [0, 0.1) is 0 Å². The van der Waals surface area contributed by atoms with E-state index < -0.39 is 0 Å². The lowest BCUT2D eigenvalue weighted by Crippen LogP contribution is -2.19. The molecule has 1 aliphatic rings. The standard InChI is InChI=1S/C15H20N2OS/c1-17(9-12-5-7-19-11-12)10-13-4-6-18-15(13)8-16-14-2-3-14/h4-7,11,14,16H,2-3,8-10H2,1H3. The van der Waals surface area contributed by atoms with E-state index in [0.717, 1.165) is 31.4 Å². The maximum Gasteiger partial charge on any atom is 0.122 e. The zero-order valence-corrected chi connectivity index (χ0v) is 12.1. The summed E-state index contributed by atoms with van der Waals surface area (Å²) in [5.41, 5.74) is 2.68. The third-order valence-corrected chi connectivity index (χ3v) is 4.17. The molecule has 4 heteroatoms. The van der Waals surface area contributed by atoms with Gasteiger partial charge in [-0.15, -0.1) is 0 Å². The number of hydrogen-bond donors (Lipinski definition) is 1. The Kier molecular flexibility index (Phi) is 4.01. The molecule has 2 aromatic rings. The molecular formula is C15H20N2OS. The summed E-state index contributed by atoms with van der Waals surface area (Å²) in [6.07, 6.45) is 4.43. The van der Waals surface area contributed by atoms with Crippen LogP contribution in [0.25, 0.3) is 0 Å². The normalized spacial score (nSPS) is 15.3. The Morgan fingerprint density at radius 1 is 1.37 bits per heavy atom. The predicted molar refractivity (Wildman–Crippen MR) is 78.1 cm³/mol. The third-order valence-electron chi connectivity index (χ3n) is 3.44. The molecule has 2 heterocycles. The first-order valence-electron chi connectivity index (χ1n) is 6.79. The Bertz CT molecular complexity index is 502. The molecule has 0 aliphatic heterocycles. The molecule has 0 amide bonds. The van der Waals surface area contributed by atoms with Crippen LogP contribution in [-0.4, -0.2) is 18.0 Å². The van der Waals surface area contributed by atoms with Gasteiger partial charge < -0.3 is 9.73 Å². The number of nitrogens with zero attached hydrogens (tertiary/aromatic N) is 1. The molecule has 0 unspecified atom stereocenters. The van der Waals surface area contributed by atoms with Gasteiger partial charge in [0.25, 0.3) is 0 Å². The summed E-state index contributed by atoms with van der Waals surface area (Å²) in [6.45, 7) is 2.79. The van der Waals surface area contributed by atoms with Crippen LogP contribution in [0.15, 0.2) is 33.6 Å². The first-order valence-corrected chi connectivity index (χ1v) is 7.74. The molecule has 3 nitrogen and oxygen atoms in total. The van der Waals surface area contributed by atoms with Crippen LogP contribution in [0.2, 0.25) is 0 Å². The van der Waals surface area contributed by atoms with E-state index in [9.17, 15) is 0 Å². The van der Waals surface area contributed by atoms with Crippen molar-refractivity contribution in [1.29, 1.82) is 0 Å². The lowest BCUT2D eigenvalue weighted by molar-refractivity contribution is 0.315. The van der Waals surface area contributed by atoms with Crippen LogP contribution in [-0.2, 0) is 19.6 Å². The van der Waals surface area contributed by atoms with Crippen molar-refractivity contribution in [3.63, 3.8) is 0 Å². The van der Waals surface area contributed by atoms with E-state index >= 15 is 0 Å². The zero-order valence-electron chi connectivity index (χ0n) is 11.3. The van der Waals surface area contributed by atoms with E-state index in [0.29, 0.717) is 0 Å². The van der Waals surface area contributed by atoms with Crippen molar-refractivity contribution in [2.45, 2.75) is 38.5 Å². The molecule has 3 rings (SSSR count). The lowest BCUT2D eigenvalue weighted by Gasteiger charge is -2.15. The molecule has 0 bridgehead atoms. The minimum Gasteiger partial charge on any atom is -0.468 e. The zero-order chi connectivity index (χ0) is 13.1. The fourth-order valence-electron chi connectivity index (χ4n) is 2.23. The van der Waals surface area contributed by atoms with Gasteiger partial charge in [-0.05, 0) is 48.3 Å². The fourth-order valence-corrected chi connectivity index (χ4v) is 2.89. The largest absolute Gasteiger partial charge is 0.468 e. The van der Waals surface area contributed by atoms with Crippen LogP contribution in [0.4, 0.5) is 0 Å². The average molecular weight is 276 g/mol. The van der Waals surface area contributed by atoms with Gasteiger partial charge in [0.15, 0.2) is 0 Å². The van der Waals surface area contributed by atoms with Crippen LogP contribution >= 0.6 is 11.3 Å². The van der Waals surface area contributed by atoms with Crippen molar-refractivity contribution in [3.05, 3.63) is 46.0 Å². The van der Waals surface area contributed by atoms with Crippen molar-refractivity contribution in [3.8, 4) is 0 Å². The van der Waals surface area contributed by atoms with Crippen molar-refractivity contribution in [2.24, 2.45) is 0 Å². The van der Waals surface area contributed by atoms with E-state index in [2.05, 4.69) is 40.2 Å². The van der Waals surface area contributed by atoms with Gasteiger partial charge in [0.1, 0.15) is 5.76 Å². The Hall–Kier alpha value is -1.10. The summed E-state index contributed by atoms with van der Waals surface area (Å²) < 4.78 is 5.59. The quantitative estimate of drug-likeness (QED) is 0.841. The van der Waals surface area contributed by atoms with Gasteiger partial charge in [-0.2, -0.15) is 11.3 Å². The summed E-state index contributed by atoms with van der Waals surface area (Å²) in [7, 11) is 2.16. The Balaban J connectivity index is 1.54. The highest BCUT2D eigenvalue weighted by Crippen LogP contribution is 2.21. The van der Waals surface area contributed by atoms with Gasteiger partial charge in [-0.3, -0.25) is 4.90 Å². The average Bonchev–Trinajstić information content (AvgIpc) is 2.89. The molecule has 0 aromatic carbocycles. The molecule has 19 heavy (non-hydrogen) atoms. The monoisotopic (exact) mass is 276 g/mol. The molecule has 0 spiro atoms. The van der Waals surface area contributed by atoms with Crippen LogP contribution < -0.4 is 5.32 Å². The predicted octanol–water partition coefficient (Wildman–Crippen LogP) is 3.23. The van der Waals surface area contributed by atoms with Gasteiger partial charge >= 0.3 is 0 Å². The third kappa shape index (κ3) is 3.69. The van der Waals surface area contributed by atoms with Gasteiger partial charge in [0.05, 0.1) is 12.8 Å². The van der Waals surface area contributed by atoms with Gasteiger partial charge in [0, 0.05) is 24.7 Å². The Labute approximate surface area is 118 Å². The summed E-state index contributed by atoms with van der Waals surface area (Å²) in [5, 5.41) is 7.85. The van der Waals surface area contributed by atoms with Crippen LogP contribution in [0.3, 0.4) is 0 Å². The van der Waals surface area contributed by atoms with E-state index in [1.54, 1.807) is 17.6 Å².